The maximum absolute atomic E-state index is 15.2. The number of piperazine rings is 1. The molecule has 0 spiro atoms. The van der Waals surface area contributed by atoms with E-state index in [1.165, 1.54) is 18.2 Å². The monoisotopic (exact) mass is 589 g/mol. The molecule has 0 amide bonds. The lowest BCUT2D eigenvalue weighted by Crippen LogP contribution is -2.57. The Morgan fingerprint density at radius 3 is 2.59 bits per heavy atom. The van der Waals surface area contributed by atoms with Crippen LogP contribution >= 0.6 is 0 Å². The maximum atomic E-state index is 15.2. The number of benzene rings is 2. The Morgan fingerprint density at radius 2 is 1.88 bits per heavy atom. The minimum atomic E-state index is -3.35. The van der Waals surface area contributed by atoms with Gasteiger partial charge < -0.3 is 15.8 Å². The molecule has 5 rings (SSSR count). The molecule has 2 aromatic carbocycles. The van der Waals surface area contributed by atoms with Crippen molar-refractivity contribution in [2.24, 2.45) is 5.73 Å². The summed E-state index contributed by atoms with van der Waals surface area (Å²) >= 11 is 0. The van der Waals surface area contributed by atoms with Gasteiger partial charge in [-0.25, -0.2) is 17.2 Å². The van der Waals surface area contributed by atoms with Gasteiger partial charge in [0.2, 0.25) is 10.0 Å². The number of fused-ring (bicyclic) bond motifs is 2. The van der Waals surface area contributed by atoms with E-state index >= 15 is 4.39 Å². The summed E-state index contributed by atoms with van der Waals surface area (Å²) in [5.41, 5.74) is 7.92. The molecule has 10 heteroatoms. The minimum Gasteiger partial charge on any atom is -0.381 e. The zero-order valence-corrected chi connectivity index (χ0v) is 24.5. The molecular formula is C31H41F2N3O4S. The summed E-state index contributed by atoms with van der Waals surface area (Å²) in [6, 6.07) is 9.98. The number of hydrogen-bond acceptors (Lipinski definition) is 6. The molecule has 0 aromatic heterocycles. The van der Waals surface area contributed by atoms with Crippen molar-refractivity contribution in [3.8, 4) is 0 Å². The average Bonchev–Trinajstić information content (AvgIpc) is 3.08. The maximum Gasteiger partial charge on any atom is 0.214 e. The number of rotatable bonds is 9. The van der Waals surface area contributed by atoms with E-state index in [1.54, 1.807) is 35.7 Å². The van der Waals surface area contributed by atoms with E-state index in [2.05, 4.69) is 5.32 Å². The van der Waals surface area contributed by atoms with Crippen molar-refractivity contribution in [1.29, 1.82) is 0 Å². The van der Waals surface area contributed by atoms with Crippen LogP contribution in [0.4, 0.5) is 8.78 Å². The van der Waals surface area contributed by atoms with Crippen LogP contribution in [0.2, 0.25) is 0 Å². The number of ketones is 1. The van der Waals surface area contributed by atoms with Gasteiger partial charge in [-0.1, -0.05) is 24.3 Å². The second kappa shape index (κ2) is 12.6. The number of Topliss-reactive ketones (excluding diaryl/α,β-unsaturated/α-hetero) is 1. The summed E-state index contributed by atoms with van der Waals surface area (Å²) in [5.74, 6) is -0.817. The van der Waals surface area contributed by atoms with Crippen molar-refractivity contribution in [3.63, 3.8) is 0 Å². The highest BCUT2D eigenvalue weighted by molar-refractivity contribution is 7.89. The van der Waals surface area contributed by atoms with Crippen molar-refractivity contribution < 1.29 is 26.7 Å². The van der Waals surface area contributed by atoms with E-state index < -0.39 is 27.3 Å². The molecule has 7 nitrogen and oxygen atoms in total. The van der Waals surface area contributed by atoms with Gasteiger partial charge in [-0.3, -0.25) is 4.79 Å². The fourth-order valence-electron chi connectivity index (χ4n) is 7.11. The molecule has 4 atom stereocenters. The zero-order chi connectivity index (χ0) is 29.2. The van der Waals surface area contributed by atoms with Crippen LogP contribution in [-0.4, -0.2) is 68.7 Å². The first-order chi connectivity index (χ1) is 19.6. The second-order valence-corrected chi connectivity index (χ2v) is 14.0. The largest absolute Gasteiger partial charge is 0.381 e. The average molecular weight is 590 g/mol. The Labute approximate surface area is 241 Å². The molecule has 1 aliphatic carbocycles. The molecule has 0 radical (unpaired) electrons. The molecule has 1 saturated carbocycles. The van der Waals surface area contributed by atoms with Gasteiger partial charge in [0.15, 0.2) is 5.78 Å². The smallest absolute Gasteiger partial charge is 0.214 e. The molecule has 3 fully saturated rings. The number of nitrogens with two attached hydrogens (primary N) is 1. The molecule has 2 heterocycles. The van der Waals surface area contributed by atoms with Crippen molar-refractivity contribution in [3.05, 3.63) is 70.8 Å². The van der Waals surface area contributed by atoms with E-state index in [-0.39, 0.29) is 42.0 Å². The Balaban J connectivity index is 1.34. The number of nitrogens with one attached hydrogen (secondary N) is 1. The summed E-state index contributed by atoms with van der Waals surface area (Å²) in [6.45, 7) is 0.972. The van der Waals surface area contributed by atoms with E-state index in [0.29, 0.717) is 56.3 Å². The third-order valence-corrected chi connectivity index (χ3v) is 11.6. The number of carbonyl (C=O) groups excluding carboxylic acids is 1. The van der Waals surface area contributed by atoms with Gasteiger partial charge in [-0.05, 0) is 86.3 Å². The van der Waals surface area contributed by atoms with Crippen molar-refractivity contribution >= 4 is 15.8 Å². The summed E-state index contributed by atoms with van der Waals surface area (Å²) in [4.78, 5) is 13.8. The highest BCUT2D eigenvalue weighted by Crippen LogP contribution is 2.43. The summed E-state index contributed by atoms with van der Waals surface area (Å²) < 4.78 is 61.9. The lowest BCUT2D eigenvalue weighted by atomic mass is 9.63. The van der Waals surface area contributed by atoms with Gasteiger partial charge in [0, 0.05) is 44.1 Å². The van der Waals surface area contributed by atoms with Crippen LogP contribution in [0, 0.1) is 11.6 Å². The minimum absolute atomic E-state index is 0.0298. The number of ether oxygens (including phenoxy) is 1. The van der Waals surface area contributed by atoms with Gasteiger partial charge in [-0.2, -0.15) is 4.31 Å². The van der Waals surface area contributed by atoms with Crippen LogP contribution in [0.25, 0.3) is 0 Å². The predicted octanol–water partition coefficient (Wildman–Crippen LogP) is 3.63. The molecule has 2 saturated heterocycles. The lowest BCUT2D eigenvalue weighted by molar-refractivity contribution is -0.122. The van der Waals surface area contributed by atoms with Gasteiger partial charge in [0.05, 0.1) is 17.9 Å². The molecular weight excluding hydrogens is 548 g/mol. The summed E-state index contributed by atoms with van der Waals surface area (Å²) in [7, 11) is -1.68. The molecule has 224 valence electrons. The molecule has 2 bridgehead atoms. The van der Waals surface area contributed by atoms with Gasteiger partial charge in [0.25, 0.3) is 0 Å². The highest BCUT2D eigenvalue weighted by atomic mass is 32.2. The highest BCUT2D eigenvalue weighted by Gasteiger charge is 2.45. The van der Waals surface area contributed by atoms with Gasteiger partial charge in [-0.15, -0.1) is 0 Å². The van der Waals surface area contributed by atoms with Crippen LogP contribution in [0.1, 0.15) is 61.6 Å². The molecule has 2 aliphatic heterocycles. The van der Waals surface area contributed by atoms with E-state index in [4.69, 9.17) is 10.5 Å². The number of methoxy groups -OCH3 is 1. The van der Waals surface area contributed by atoms with Crippen LogP contribution in [0.3, 0.4) is 0 Å². The van der Waals surface area contributed by atoms with Crippen LogP contribution in [0.5, 0.6) is 0 Å². The fourth-order valence-corrected chi connectivity index (χ4v) is 8.92. The van der Waals surface area contributed by atoms with Crippen molar-refractivity contribution in [2.75, 3.05) is 26.0 Å². The Kier molecular flexibility index (Phi) is 9.25. The number of hydrogen-bond donors (Lipinski definition) is 2. The lowest BCUT2D eigenvalue weighted by Gasteiger charge is -2.44. The predicted molar refractivity (Wildman–Crippen MR) is 154 cm³/mol. The first kappa shape index (κ1) is 30.2. The fraction of sp³-hybridized carbons (Fsp3) is 0.581. The topological polar surface area (TPSA) is 102 Å². The Hall–Kier alpha value is -2.24. The molecule has 41 heavy (non-hydrogen) atoms. The number of carbonyl (C=O) groups is 1. The summed E-state index contributed by atoms with van der Waals surface area (Å²) in [6.07, 6.45) is 4.99. The van der Waals surface area contributed by atoms with Crippen LogP contribution in [-0.2, 0) is 37.8 Å². The Morgan fingerprint density at radius 1 is 1.15 bits per heavy atom. The van der Waals surface area contributed by atoms with Crippen molar-refractivity contribution in [2.45, 2.75) is 87.4 Å². The number of nitrogens with zero attached hydrogens (tertiary/aromatic N) is 1. The molecule has 2 aromatic rings. The quantitative estimate of drug-likeness (QED) is 0.463. The number of halogens is 2. The first-order valence-electron chi connectivity index (χ1n) is 14.7. The summed E-state index contributed by atoms with van der Waals surface area (Å²) in [5, 5.41) is 3.45. The Bertz CT molecular complexity index is 1330. The zero-order valence-electron chi connectivity index (χ0n) is 23.7. The van der Waals surface area contributed by atoms with Gasteiger partial charge in [0.1, 0.15) is 11.6 Å². The third kappa shape index (κ3) is 6.41. The van der Waals surface area contributed by atoms with Crippen LogP contribution in [0.15, 0.2) is 42.5 Å². The van der Waals surface area contributed by atoms with E-state index in [0.717, 1.165) is 24.8 Å². The normalized spacial score (nSPS) is 30.3. The standard InChI is InChI=1S/C31H41F2N3O4S/c1-40-26-13-15-31(16-14-26,22-7-9-23(32)10-8-22)30(34)29(37)18-21-4-2-6-28(33)27(21)12-11-25-19-35-24-5-3-17-41(38,39)36(25)20-24/h2,4,6-10,24-26,30,35H,3,5,11-20,34H2,1H3/t24-,25+,26?,30-,31?/m1/s1. The second-order valence-electron chi connectivity index (χ2n) is 11.9. The molecule has 3 N–H and O–H groups in total. The molecule has 1 unspecified atom stereocenters. The third-order valence-electron chi connectivity index (χ3n) is 9.59. The van der Waals surface area contributed by atoms with Crippen molar-refractivity contribution in [1.82, 2.24) is 9.62 Å². The molecule has 3 aliphatic rings. The van der Waals surface area contributed by atoms with Gasteiger partial charge >= 0.3 is 0 Å². The number of sulfonamides is 1. The SMILES string of the molecule is COC1CCC(c2ccc(F)cc2)([C@H](N)C(=O)Cc2cccc(F)c2CC[C@H]2CN[C@@H]3CCCS(=O)(=O)N2C3)CC1. The van der Waals surface area contributed by atoms with E-state index in [1.807, 2.05) is 0 Å². The van der Waals surface area contributed by atoms with E-state index in [9.17, 15) is 17.6 Å². The van der Waals surface area contributed by atoms with Crippen LogP contribution < -0.4 is 11.1 Å². The first-order valence-corrected chi connectivity index (χ1v) is 16.3.